The third kappa shape index (κ3) is 7.51. The molecule has 0 fully saturated rings. The second-order valence-corrected chi connectivity index (χ2v) is 8.14. The van der Waals surface area contributed by atoms with E-state index in [1.807, 2.05) is 22.6 Å². The molecule has 3 aromatic carbocycles. The van der Waals surface area contributed by atoms with E-state index in [1.54, 1.807) is 12.1 Å². The zero-order chi connectivity index (χ0) is 24.5. The van der Waals surface area contributed by atoms with Crippen LogP contribution in [-0.4, -0.2) is 31.7 Å². The van der Waals surface area contributed by atoms with Crippen molar-refractivity contribution in [1.82, 2.24) is 5.43 Å². The van der Waals surface area contributed by atoms with E-state index < -0.39 is 11.7 Å². The van der Waals surface area contributed by atoms with E-state index in [1.165, 1.54) is 61.9 Å². The number of carbonyl (C=O) groups excluding carboxylic acids is 2. The van der Waals surface area contributed by atoms with Crippen LogP contribution in [0.5, 0.6) is 11.5 Å². The maximum absolute atomic E-state index is 13.0. The highest BCUT2D eigenvalue weighted by atomic mass is 127. The maximum atomic E-state index is 13.0. The van der Waals surface area contributed by atoms with Crippen molar-refractivity contribution >= 4 is 46.3 Å². The van der Waals surface area contributed by atoms with Gasteiger partial charge in [0.1, 0.15) is 11.6 Å². The van der Waals surface area contributed by atoms with Crippen molar-refractivity contribution in [1.29, 1.82) is 0 Å². The van der Waals surface area contributed by atoms with Crippen LogP contribution in [0.25, 0.3) is 0 Å². The topological polar surface area (TPSA) is 89.0 Å². The van der Waals surface area contributed by atoms with Crippen LogP contribution in [0.1, 0.15) is 11.1 Å². The molecule has 0 unspecified atom stereocenters. The van der Waals surface area contributed by atoms with Gasteiger partial charge < -0.3 is 14.8 Å². The van der Waals surface area contributed by atoms with Gasteiger partial charge in [0.2, 0.25) is 5.91 Å². The third-order valence-electron chi connectivity index (χ3n) is 4.41. The van der Waals surface area contributed by atoms with Gasteiger partial charge in [0.15, 0.2) is 18.1 Å². The normalized spacial score (nSPS) is 10.7. The van der Waals surface area contributed by atoms with Gasteiger partial charge in [-0.2, -0.15) is 5.10 Å². The summed E-state index contributed by atoms with van der Waals surface area (Å²) in [6.07, 6.45) is 1.50. The molecule has 0 heterocycles. The Kier molecular flexibility index (Phi) is 8.91. The van der Waals surface area contributed by atoms with Gasteiger partial charge >= 0.3 is 0 Å². The van der Waals surface area contributed by atoms with Crippen molar-refractivity contribution in [2.24, 2.45) is 5.10 Å². The molecule has 0 radical (unpaired) electrons. The summed E-state index contributed by atoms with van der Waals surface area (Å²) < 4.78 is 37.6. The molecule has 0 spiro atoms. The van der Waals surface area contributed by atoms with Crippen molar-refractivity contribution in [2.75, 3.05) is 19.0 Å². The second kappa shape index (κ2) is 12.1. The predicted molar refractivity (Wildman–Crippen MR) is 132 cm³/mol. The summed E-state index contributed by atoms with van der Waals surface area (Å²) in [6, 6.07) is 14.4. The summed E-state index contributed by atoms with van der Waals surface area (Å²) in [5.41, 5.74) is 4.16. The number of nitrogens with zero attached hydrogens (tertiary/aromatic N) is 1. The minimum absolute atomic E-state index is 0.0608. The van der Waals surface area contributed by atoms with Gasteiger partial charge in [-0.3, -0.25) is 9.59 Å². The quantitative estimate of drug-likeness (QED) is 0.225. The summed E-state index contributed by atoms with van der Waals surface area (Å²) in [4.78, 5) is 24.2. The largest absolute Gasteiger partial charge is 0.493 e. The molecule has 0 bridgehead atoms. The van der Waals surface area contributed by atoms with E-state index >= 15 is 0 Å². The zero-order valence-electron chi connectivity index (χ0n) is 18.0. The molecule has 3 rings (SSSR count). The summed E-state index contributed by atoms with van der Waals surface area (Å²) in [5, 5.41) is 6.55. The monoisotopic (exact) mass is 579 g/mol. The fourth-order valence-corrected chi connectivity index (χ4v) is 3.61. The number of anilines is 1. The molecule has 0 atom stereocenters. The van der Waals surface area contributed by atoms with Crippen molar-refractivity contribution in [2.45, 2.75) is 6.42 Å². The lowest BCUT2D eigenvalue weighted by molar-refractivity contribution is -0.120. The molecule has 3 aromatic rings. The van der Waals surface area contributed by atoms with E-state index in [2.05, 4.69) is 15.8 Å². The second-order valence-electron chi connectivity index (χ2n) is 6.97. The molecular formula is C24H20F2IN3O4. The van der Waals surface area contributed by atoms with E-state index in [0.29, 0.717) is 31.9 Å². The van der Waals surface area contributed by atoms with Crippen molar-refractivity contribution in [3.63, 3.8) is 0 Å². The number of hydrogen-bond donors (Lipinski definition) is 2. The van der Waals surface area contributed by atoms with Crippen molar-refractivity contribution < 1.29 is 27.8 Å². The first-order chi connectivity index (χ1) is 16.3. The van der Waals surface area contributed by atoms with E-state index in [9.17, 15) is 18.4 Å². The predicted octanol–water partition coefficient (Wildman–Crippen LogP) is 4.29. The van der Waals surface area contributed by atoms with Gasteiger partial charge in [0.25, 0.3) is 5.91 Å². The first-order valence-corrected chi connectivity index (χ1v) is 11.0. The highest BCUT2D eigenvalue weighted by Crippen LogP contribution is 2.33. The Morgan fingerprint density at radius 3 is 2.29 bits per heavy atom. The molecule has 0 aromatic heterocycles. The standard InChI is InChI=1S/C24H20F2IN3O4/c1-33-21-11-16(13-28-30-22(31)12-15-2-4-17(25)5-3-15)10-20(27)24(21)34-14-23(32)29-19-8-6-18(26)7-9-19/h2-11,13H,12,14H2,1H3,(H,29,32)(H,30,31)/b28-13+. The van der Waals surface area contributed by atoms with Gasteiger partial charge in [0, 0.05) is 5.69 Å². The van der Waals surface area contributed by atoms with Crippen LogP contribution in [0, 0.1) is 15.2 Å². The molecule has 7 nitrogen and oxygen atoms in total. The molecule has 2 N–H and O–H groups in total. The third-order valence-corrected chi connectivity index (χ3v) is 5.21. The smallest absolute Gasteiger partial charge is 0.262 e. The van der Waals surface area contributed by atoms with Gasteiger partial charge in [0.05, 0.1) is 23.3 Å². The summed E-state index contributed by atoms with van der Waals surface area (Å²) in [6.45, 7) is -0.281. The van der Waals surface area contributed by atoms with Crippen LogP contribution in [0.4, 0.5) is 14.5 Å². The van der Waals surface area contributed by atoms with Crippen LogP contribution >= 0.6 is 22.6 Å². The van der Waals surface area contributed by atoms with Gasteiger partial charge in [-0.15, -0.1) is 0 Å². The molecule has 2 amide bonds. The molecule has 0 saturated heterocycles. The highest BCUT2D eigenvalue weighted by Gasteiger charge is 2.13. The Balaban J connectivity index is 1.57. The van der Waals surface area contributed by atoms with Gasteiger partial charge in [-0.25, -0.2) is 14.2 Å². The molecule has 0 saturated carbocycles. The van der Waals surface area contributed by atoms with Crippen molar-refractivity contribution in [3.8, 4) is 11.5 Å². The Morgan fingerprint density at radius 2 is 1.65 bits per heavy atom. The number of halogens is 3. The lowest BCUT2D eigenvalue weighted by atomic mass is 10.1. The maximum Gasteiger partial charge on any atom is 0.262 e. The minimum Gasteiger partial charge on any atom is -0.493 e. The molecule has 0 aliphatic carbocycles. The van der Waals surface area contributed by atoms with E-state index in [-0.39, 0.29) is 24.8 Å². The molecule has 0 aliphatic heterocycles. The van der Waals surface area contributed by atoms with Crippen LogP contribution < -0.4 is 20.2 Å². The molecule has 10 heteroatoms. The number of benzene rings is 3. The Labute approximate surface area is 208 Å². The zero-order valence-corrected chi connectivity index (χ0v) is 20.1. The summed E-state index contributed by atoms with van der Waals surface area (Å²) in [7, 11) is 1.46. The Morgan fingerprint density at radius 1 is 1.00 bits per heavy atom. The molecular weight excluding hydrogens is 559 g/mol. The fourth-order valence-electron chi connectivity index (χ4n) is 2.83. The Bertz CT molecular complexity index is 1190. The fraction of sp³-hybridized carbons (Fsp3) is 0.125. The van der Waals surface area contributed by atoms with Gasteiger partial charge in [-0.05, 0) is 82.2 Å². The number of ether oxygens (including phenoxy) is 2. The van der Waals surface area contributed by atoms with Crippen molar-refractivity contribution in [3.05, 3.63) is 87.0 Å². The number of methoxy groups -OCH3 is 1. The van der Waals surface area contributed by atoms with Crippen LogP contribution in [0.2, 0.25) is 0 Å². The minimum atomic E-state index is -0.418. The van der Waals surface area contributed by atoms with Crippen LogP contribution in [0.15, 0.2) is 65.8 Å². The lowest BCUT2D eigenvalue weighted by Gasteiger charge is -2.13. The molecule has 0 aliphatic rings. The number of rotatable bonds is 9. The average molecular weight is 579 g/mol. The molecule has 176 valence electrons. The summed E-state index contributed by atoms with van der Waals surface area (Å²) in [5.74, 6) is -0.790. The Hall–Kier alpha value is -3.54. The molecule has 34 heavy (non-hydrogen) atoms. The number of nitrogens with one attached hydrogen (secondary N) is 2. The highest BCUT2D eigenvalue weighted by molar-refractivity contribution is 14.1. The number of amides is 2. The first kappa shape index (κ1) is 25.1. The number of carbonyl (C=O) groups is 2. The number of hydrazone groups is 1. The average Bonchev–Trinajstić information content (AvgIpc) is 2.81. The first-order valence-electron chi connectivity index (χ1n) is 9.96. The number of hydrogen-bond acceptors (Lipinski definition) is 5. The SMILES string of the molecule is COc1cc(/C=N/NC(=O)Cc2ccc(F)cc2)cc(I)c1OCC(=O)Nc1ccc(F)cc1. The summed E-state index contributed by atoms with van der Waals surface area (Å²) >= 11 is 2.03. The van der Waals surface area contributed by atoms with E-state index in [4.69, 9.17) is 9.47 Å². The van der Waals surface area contributed by atoms with Gasteiger partial charge in [-0.1, -0.05) is 12.1 Å². The lowest BCUT2D eigenvalue weighted by Crippen LogP contribution is -2.20. The van der Waals surface area contributed by atoms with E-state index in [0.717, 1.165) is 0 Å². The van der Waals surface area contributed by atoms with Crippen LogP contribution in [0.3, 0.4) is 0 Å². The van der Waals surface area contributed by atoms with Crippen LogP contribution in [-0.2, 0) is 16.0 Å².